The molecule has 0 aliphatic rings. The van der Waals surface area contributed by atoms with Crippen molar-refractivity contribution in [3.05, 3.63) is 54.1 Å². The molecule has 17 heavy (non-hydrogen) atoms. The highest BCUT2D eigenvalue weighted by Crippen LogP contribution is 2.24. The summed E-state index contributed by atoms with van der Waals surface area (Å²) in [7, 11) is 2.04. The van der Waals surface area contributed by atoms with Gasteiger partial charge in [-0.3, -0.25) is 0 Å². The third-order valence-electron chi connectivity index (χ3n) is 3.11. The van der Waals surface area contributed by atoms with E-state index in [2.05, 4.69) is 29.7 Å². The van der Waals surface area contributed by atoms with Crippen molar-refractivity contribution in [2.24, 2.45) is 7.05 Å². The van der Waals surface area contributed by atoms with Crippen LogP contribution >= 0.6 is 0 Å². The number of hydrogen-bond acceptors (Lipinski definition) is 1. The maximum Gasteiger partial charge on any atom is 0.381 e. The van der Waals surface area contributed by atoms with Crippen LogP contribution in [0.15, 0.2) is 52.9 Å². The molecule has 0 unspecified atom stereocenters. The highest BCUT2D eigenvalue weighted by Gasteiger charge is 2.21. The van der Waals surface area contributed by atoms with Crippen LogP contribution in [0.4, 0.5) is 0 Å². The maximum atomic E-state index is 5.93. The molecule has 0 fully saturated rings. The Morgan fingerprint density at radius 2 is 1.65 bits per heavy atom. The molecular weight excluding hydrogens is 210 g/mol. The van der Waals surface area contributed by atoms with Crippen molar-refractivity contribution in [1.82, 2.24) is 0 Å². The van der Waals surface area contributed by atoms with Crippen LogP contribution in [0.3, 0.4) is 0 Å². The first-order valence-corrected chi connectivity index (χ1v) is 5.71. The maximum absolute atomic E-state index is 5.93. The van der Waals surface area contributed by atoms with Crippen molar-refractivity contribution in [1.29, 1.82) is 0 Å². The number of rotatable bonds is 1. The molecule has 0 N–H and O–H groups in total. The molecule has 1 heterocycles. The number of oxazole rings is 1. The van der Waals surface area contributed by atoms with Gasteiger partial charge in [-0.15, -0.1) is 0 Å². The van der Waals surface area contributed by atoms with Crippen LogP contribution in [-0.4, -0.2) is 0 Å². The molecule has 0 saturated carbocycles. The molecule has 0 bridgehead atoms. The molecule has 0 spiro atoms. The number of nitrogens with zero attached hydrogens (tertiary/aromatic N) is 1. The van der Waals surface area contributed by atoms with E-state index in [4.69, 9.17) is 4.42 Å². The van der Waals surface area contributed by atoms with Gasteiger partial charge in [0, 0.05) is 6.07 Å². The molecule has 2 heteroatoms. The summed E-state index contributed by atoms with van der Waals surface area (Å²) >= 11 is 0. The van der Waals surface area contributed by atoms with Gasteiger partial charge in [-0.05, 0) is 24.6 Å². The smallest absolute Gasteiger partial charge is 0.381 e. The van der Waals surface area contributed by atoms with Crippen molar-refractivity contribution in [3.8, 4) is 11.5 Å². The fourth-order valence-corrected chi connectivity index (χ4v) is 2.15. The second-order valence-corrected chi connectivity index (χ2v) is 4.25. The lowest BCUT2D eigenvalue weighted by Gasteiger charge is -1.97. The summed E-state index contributed by atoms with van der Waals surface area (Å²) in [5.74, 6) is 0.907. The standard InChI is InChI=1S/C15H14NO/c1-11-7-3-4-8-12(11)15-16(2)13-9-5-6-10-14(13)17-15/h3-10H,1-2H3/q+1. The lowest BCUT2D eigenvalue weighted by molar-refractivity contribution is -0.637. The Kier molecular flexibility index (Phi) is 2.22. The molecular formula is C15H14NO+. The highest BCUT2D eigenvalue weighted by atomic mass is 16.4. The molecule has 0 radical (unpaired) electrons. The number of aromatic nitrogens is 1. The number of hydrogen-bond donors (Lipinski definition) is 0. The van der Waals surface area contributed by atoms with Gasteiger partial charge < -0.3 is 4.42 Å². The second-order valence-electron chi connectivity index (χ2n) is 4.25. The first-order chi connectivity index (χ1) is 8.27. The summed E-state index contributed by atoms with van der Waals surface area (Å²) < 4.78 is 8.02. The normalized spacial score (nSPS) is 10.9. The third kappa shape index (κ3) is 1.53. The second kappa shape index (κ2) is 3.74. The molecule has 3 rings (SSSR count). The van der Waals surface area contributed by atoms with E-state index in [1.54, 1.807) is 0 Å². The Morgan fingerprint density at radius 3 is 2.41 bits per heavy atom. The summed E-state index contributed by atoms with van der Waals surface area (Å²) in [4.78, 5) is 0. The van der Waals surface area contributed by atoms with Gasteiger partial charge in [0.2, 0.25) is 5.58 Å². The van der Waals surface area contributed by atoms with Crippen molar-refractivity contribution < 1.29 is 8.98 Å². The van der Waals surface area contributed by atoms with Gasteiger partial charge in [0.05, 0.1) is 5.56 Å². The lowest BCUT2D eigenvalue weighted by atomic mass is 10.1. The minimum Gasteiger partial charge on any atom is -0.398 e. The highest BCUT2D eigenvalue weighted by molar-refractivity contribution is 5.71. The Labute approximate surface area is 100 Å². The molecule has 2 nitrogen and oxygen atoms in total. The fourth-order valence-electron chi connectivity index (χ4n) is 2.15. The van der Waals surface area contributed by atoms with Crippen molar-refractivity contribution >= 4 is 11.1 Å². The van der Waals surface area contributed by atoms with Gasteiger partial charge in [-0.1, -0.05) is 30.3 Å². The molecule has 1 aromatic heterocycles. The average molecular weight is 224 g/mol. The summed E-state index contributed by atoms with van der Waals surface area (Å²) in [6.45, 7) is 2.10. The Morgan fingerprint density at radius 1 is 0.941 bits per heavy atom. The molecule has 0 saturated heterocycles. The van der Waals surface area contributed by atoms with Crippen LogP contribution in [0.5, 0.6) is 0 Å². The molecule has 3 aromatic rings. The summed E-state index contributed by atoms with van der Waals surface area (Å²) in [5, 5.41) is 0. The van der Waals surface area contributed by atoms with E-state index in [-0.39, 0.29) is 0 Å². The Balaban J connectivity index is 2.32. The first-order valence-electron chi connectivity index (χ1n) is 5.71. The number of para-hydroxylation sites is 2. The van der Waals surface area contributed by atoms with E-state index in [0.29, 0.717) is 0 Å². The van der Waals surface area contributed by atoms with Crippen molar-refractivity contribution in [2.45, 2.75) is 6.92 Å². The first kappa shape index (κ1) is 10.1. The van der Waals surface area contributed by atoms with E-state index >= 15 is 0 Å². The molecule has 84 valence electrons. The van der Waals surface area contributed by atoms with E-state index in [1.165, 1.54) is 5.56 Å². The SMILES string of the molecule is Cc1ccccc1-c1oc2ccccc2[n+]1C. The van der Waals surface area contributed by atoms with E-state index in [0.717, 1.165) is 22.6 Å². The summed E-state index contributed by atoms with van der Waals surface area (Å²) in [6.07, 6.45) is 0. The van der Waals surface area contributed by atoms with Gasteiger partial charge in [0.15, 0.2) is 0 Å². The van der Waals surface area contributed by atoms with E-state index in [9.17, 15) is 0 Å². The van der Waals surface area contributed by atoms with Gasteiger partial charge >= 0.3 is 5.89 Å². The zero-order valence-electron chi connectivity index (χ0n) is 9.97. The molecule has 2 aromatic carbocycles. The average Bonchev–Trinajstić information content (AvgIpc) is 2.68. The van der Waals surface area contributed by atoms with Crippen molar-refractivity contribution in [2.75, 3.05) is 0 Å². The Bertz CT molecular complexity index is 682. The van der Waals surface area contributed by atoms with Crippen LogP contribution in [0.2, 0.25) is 0 Å². The largest absolute Gasteiger partial charge is 0.398 e. The lowest BCUT2D eigenvalue weighted by Crippen LogP contribution is -2.28. The predicted octanol–water partition coefficient (Wildman–Crippen LogP) is 3.23. The van der Waals surface area contributed by atoms with Gasteiger partial charge in [0.1, 0.15) is 7.05 Å². The number of aryl methyl sites for hydroxylation is 2. The third-order valence-corrected chi connectivity index (χ3v) is 3.11. The zero-order chi connectivity index (χ0) is 11.8. The van der Waals surface area contributed by atoms with Crippen LogP contribution in [0, 0.1) is 6.92 Å². The Hall–Kier alpha value is -2.09. The van der Waals surface area contributed by atoms with E-state index in [1.807, 2.05) is 37.4 Å². The van der Waals surface area contributed by atoms with Gasteiger partial charge in [-0.2, -0.15) is 4.57 Å². The quantitative estimate of drug-likeness (QED) is 0.580. The van der Waals surface area contributed by atoms with Crippen molar-refractivity contribution in [3.63, 3.8) is 0 Å². The molecule has 0 aliphatic carbocycles. The van der Waals surface area contributed by atoms with Crippen LogP contribution in [-0.2, 0) is 7.05 Å². The fraction of sp³-hybridized carbons (Fsp3) is 0.133. The monoisotopic (exact) mass is 224 g/mol. The minimum atomic E-state index is 0.907. The number of fused-ring (bicyclic) bond motifs is 1. The predicted molar refractivity (Wildman–Crippen MR) is 67.6 cm³/mol. The summed E-state index contributed by atoms with van der Waals surface area (Å²) in [6, 6.07) is 16.4. The van der Waals surface area contributed by atoms with E-state index < -0.39 is 0 Å². The minimum absolute atomic E-state index is 0.907. The van der Waals surface area contributed by atoms with Gasteiger partial charge in [0.25, 0.3) is 5.52 Å². The number of benzene rings is 2. The summed E-state index contributed by atoms with van der Waals surface area (Å²) in [5.41, 5.74) is 4.41. The molecule has 0 amide bonds. The van der Waals surface area contributed by atoms with Crippen LogP contribution in [0.1, 0.15) is 5.56 Å². The zero-order valence-corrected chi connectivity index (χ0v) is 9.97. The molecule has 0 atom stereocenters. The van der Waals surface area contributed by atoms with Crippen LogP contribution < -0.4 is 4.57 Å². The molecule has 0 aliphatic heterocycles. The topological polar surface area (TPSA) is 17.0 Å². The van der Waals surface area contributed by atoms with Gasteiger partial charge in [-0.25, -0.2) is 0 Å². The van der Waals surface area contributed by atoms with Crippen LogP contribution in [0.25, 0.3) is 22.6 Å².